The number of hydrogen-bond donors (Lipinski definition) is 1. The van der Waals surface area contributed by atoms with Gasteiger partial charge >= 0.3 is 0 Å². The number of carbonyl (C=O) groups is 2. The molecular formula is C36H41FN4O3. The van der Waals surface area contributed by atoms with Gasteiger partial charge in [-0.15, -0.1) is 0 Å². The van der Waals surface area contributed by atoms with Crippen LogP contribution in [-0.4, -0.2) is 58.0 Å². The summed E-state index contributed by atoms with van der Waals surface area (Å²) < 4.78 is 15.0. The van der Waals surface area contributed by atoms with Crippen molar-refractivity contribution in [3.8, 4) is 0 Å². The maximum atomic E-state index is 15.0. The van der Waals surface area contributed by atoms with Gasteiger partial charge in [0.25, 0.3) is 11.5 Å². The smallest absolute Gasteiger partial charge is 0.272 e. The van der Waals surface area contributed by atoms with E-state index in [9.17, 15) is 18.8 Å². The molecule has 5 rings (SSSR count). The van der Waals surface area contributed by atoms with Crippen LogP contribution in [0.1, 0.15) is 74.1 Å². The summed E-state index contributed by atoms with van der Waals surface area (Å²) >= 11 is 0. The number of fused-ring (bicyclic) bond motifs is 1. The van der Waals surface area contributed by atoms with Gasteiger partial charge in [0, 0.05) is 43.4 Å². The number of H-pyrrole nitrogens is 1. The zero-order valence-corrected chi connectivity index (χ0v) is 26.0. The summed E-state index contributed by atoms with van der Waals surface area (Å²) in [6.45, 7) is 10.0. The number of hydrogen-bond acceptors (Lipinski definition) is 4. The van der Waals surface area contributed by atoms with Gasteiger partial charge in [0.1, 0.15) is 5.82 Å². The molecule has 2 unspecified atom stereocenters. The number of carbonyl (C=O) groups excluding carboxylic acids is 2. The van der Waals surface area contributed by atoms with Crippen LogP contribution in [0, 0.1) is 11.2 Å². The summed E-state index contributed by atoms with van der Waals surface area (Å²) in [7, 11) is 0. The normalized spacial score (nSPS) is 16.4. The molecule has 230 valence electrons. The van der Waals surface area contributed by atoms with Gasteiger partial charge in [-0.1, -0.05) is 82.3 Å². The van der Waals surface area contributed by atoms with Gasteiger partial charge < -0.3 is 9.80 Å². The van der Waals surface area contributed by atoms with Crippen molar-refractivity contribution in [2.75, 3.05) is 26.2 Å². The summed E-state index contributed by atoms with van der Waals surface area (Å²) in [5.74, 6) is -0.872. The molecule has 1 aliphatic rings. The van der Waals surface area contributed by atoms with E-state index in [1.807, 2.05) is 35.2 Å². The van der Waals surface area contributed by atoms with Crippen molar-refractivity contribution < 1.29 is 14.0 Å². The molecular weight excluding hydrogens is 555 g/mol. The predicted molar refractivity (Wildman–Crippen MR) is 171 cm³/mol. The number of amides is 2. The maximum Gasteiger partial charge on any atom is 0.272 e. The highest BCUT2D eigenvalue weighted by molar-refractivity contribution is 5.95. The number of benzene rings is 3. The fraction of sp³-hybridized carbons (Fsp3) is 0.389. The first-order chi connectivity index (χ1) is 21.1. The van der Waals surface area contributed by atoms with E-state index in [-0.39, 0.29) is 22.4 Å². The fourth-order valence-electron chi connectivity index (χ4n) is 6.50. The molecule has 0 spiro atoms. The standard InChI is InChI=1S/C36H41FN4O3/c1-5-35(3,26-12-8-7-9-13-26)24-36(4,6-2)34(44)41-20-18-40(19-21-41)33(43)29-22-25(16-17-30(29)37)23-31-27-14-10-11-15-28(27)32(42)39-38-31/h7-17,22H,5-6,18-21,23-24H2,1-4H3,(H,39,42). The zero-order valence-electron chi connectivity index (χ0n) is 26.0. The van der Waals surface area contributed by atoms with Crippen LogP contribution in [0.3, 0.4) is 0 Å². The third kappa shape index (κ3) is 6.16. The van der Waals surface area contributed by atoms with Crippen molar-refractivity contribution >= 4 is 22.6 Å². The van der Waals surface area contributed by atoms with Crippen molar-refractivity contribution in [2.45, 2.75) is 58.8 Å². The molecule has 1 fully saturated rings. The average Bonchev–Trinajstić information content (AvgIpc) is 3.06. The van der Waals surface area contributed by atoms with Crippen LogP contribution in [0.5, 0.6) is 0 Å². The summed E-state index contributed by atoms with van der Waals surface area (Å²) in [6, 6.07) is 22.1. The van der Waals surface area contributed by atoms with E-state index >= 15 is 0 Å². The van der Waals surface area contributed by atoms with Gasteiger partial charge in [-0.25, -0.2) is 9.49 Å². The molecule has 0 aliphatic carbocycles. The number of aromatic nitrogens is 2. The number of aromatic amines is 1. The summed E-state index contributed by atoms with van der Waals surface area (Å²) in [6.07, 6.45) is 2.69. The van der Waals surface area contributed by atoms with E-state index in [4.69, 9.17) is 0 Å². The van der Waals surface area contributed by atoms with Crippen LogP contribution >= 0.6 is 0 Å². The Morgan fingerprint density at radius 2 is 1.50 bits per heavy atom. The van der Waals surface area contributed by atoms with Gasteiger partial charge in [-0.3, -0.25) is 14.4 Å². The third-order valence-corrected chi connectivity index (χ3v) is 9.59. The molecule has 44 heavy (non-hydrogen) atoms. The highest BCUT2D eigenvalue weighted by Crippen LogP contribution is 2.42. The van der Waals surface area contributed by atoms with Crippen molar-refractivity contribution in [3.63, 3.8) is 0 Å². The SMILES string of the molecule is CCC(C)(CC(C)(CC)c1ccccc1)C(=O)N1CCN(C(=O)c2cc(Cc3n[nH]c(=O)c4ccccc34)ccc2F)CC1. The van der Waals surface area contributed by atoms with Gasteiger partial charge in [0.2, 0.25) is 5.91 Å². The van der Waals surface area contributed by atoms with E-state index in [0.29, 0.717) is 55.7 Å². The molecule has 2 heterocycles. The molecule has 0 saturated carbocycles. The van der Waals surface area contributed by atoms with Crippen LogP contribution in [0.2, 0.25) is 0 Å². The molecule has 1 aromatic heterocycles. The van der Waals surface area contributed by atoms with E-state index in [1.165, 1.54) is 11.6 Å². The first-order valence-electron chi connectivity index (χ1n) is 15.5. The van der Waals surface area contributed by atoms with E-state index < -0.39 is 17.1 Å². The Morgan fingerprint density at radius 3 is 2.16 bits per heavy atom. The number of nitrogens with zero attached hydrogens (tertiary/aromatic N) is 3. The lowest BCUT2D eigenvalue weighted by atomic mass is 9.66. The van der Waals surface area contributed by atoms with Crippen LogP contribution in [0.15, 0.2) is 77.6 Å². The van der Waals surface area contributed by atoms with Crippen LogP contribution in [0.4, 0.5) is 4.39 Å². The summed E-state index contributed by atoms with van der Waals surface area (Å²) in [4.78, 5) is 43.1. The fourth-order valence-corrected chi connectivity index (χ4v) is 6.50. The second kappa shape index (κ2) is 12.7. The van der Waals surface area contributed by atoms with E-state index in [2.05, 4.69) is 50.0 Å². The van der Waals surface area contributed by atoms with Crippen LogP contribution in [0.25, 0.3) is 10.8 Å². The molecule has 1 aliphatic heterocycles. The lowest BCUT2D eigenvalue weighted by Crippen LogP contribution is -2.54. The van der Waals surface area contributed by atoms with Crippen LogP contribution in [-0.2, 0) is 16.6 Å². The molecule has 3 aromatic carbocycles. The Balaban J connectivity index is 1.27. The van der Waals surface area contributed by atoms with Gasteiger partial charge in [0.05, 0.1) is 16.6 Å². The Hall–Kier alpha value is -4.33. The largest absolute Gasteiger partial charge is 0.339 e. The number of nitrogens with one attached hydrogen (secondary N) is 1. The number of halogens is 1. The molecule has 7 nitrogen and oxygen atoms in total. The minimum absolute atomic E-state index is 0.00373. The van der Waals surface area contributed by atoms with Crippen molar-refractivity contribution in [3.05, 3.63) is 111 Å². The minimum atomic E-state index is -0.588. The Morgan fingerprint density at radius 1 is 0.864 bits per heavy atom. The Labute approximate surface area is 258 Å². The quantitative estimate of drug-likeness (QED) is 0.253. The van der Waals surface area contributed by atoms with Crippen LogP contribution < -0.4 is 5.56 Å². The Bertz CT molecular complexity index is 1710. The van der Waals surface area contributed by atoms with E-state index in [1.54, 1.807) is 29.2 Å². The topological polar surface area (TPSA) is 86.4 Å². The van der Waals surface area contributed by atoms with Crippen molar-refractivity contribution in [1.29, 1.82) is 0 Å². The van der Waals surface area contributed by atoms with E-state index in [0.717, 1.165) is 18.2 Å². The zero-order chi connectivity index (χ0) is 31.5. The Kier molecular flexibility index (Phi) is 9.00. The molecule has 1 N–H and O–H groups in total. The summed E-state index contributed by atoms with van der Waals surface area (Å²) in [5, 5.41) is 8.00. The highest BCUT2D eigenvalue weighted by atomic mass is 19.1. The maximum absolute atomic E-state index is 15.0. The lowest BCUT2D eigenvalue weighted by Gasteiger charge is -2.43. The molecule has 0 radical (unpaired) electrons. The van der Waals surface area contributed by atoms with Gasteiger partial charge in [-0.05, 0) is 54.0 Å². The van der Waals surface area contributed by atoms with Crippen molar-refractivity contribution in [2.24, 2.45) is 5.41 Å². The number of piperazine rings is 1. The molecule has 8 heteroatoms. The highest BCUT2D eigenvalue weighted by Gasteiger charge is 2.42. The van der Waals surface area contributed by atoms with Gasteiger partial charge in [-0.2, -0.15) is 5.10 Å². The molecule has 2 atom stereocenters. The first-order valence-corrected chi connectivity index (χ1v) is 15.5. The average molecular weight is 597 g/mol. The monoisotopic (exact) mass is 596 g/mol. The lowest BCUT2D eigenvalue weighted by molar-refractivity contribution is -0.144. The summed E-state index contributed by atoms with van der Waals surface area (Å²) in [5.41, 5.74) is 1.63. The minimum Gasteiger partial charge on any atom is -0.339 e. The molecule has 2 amide bonds. The second-order valence-corrected chi connectivity index (χ2v) is 12.5. The third-order valence-electron chi connectivity index (χ3n) is 9.59. The number of rotatable bonds is 9. The molecule has 4 aromatic rings. The molecule has 0 bridgehead atoms. The second-order valence-electron chi connectivity index (χ2n) is 12.5. The first kappa shape index (κ1) is 31.1. The molecule has 1 saturated heterocycles. The predicted octanol–water partition coefficient (Wildman–Crippen LogP) is 6.11. The van der Waals surface area contributed by atoms with Crippen molar-refractivity contribution in [1.82, 2.24) is 20.0 Å². The van der Waals surface area contributed by atoms with Gasteiger partial charge in [0.15, 0.2) is 0 Å².